The minimum Gasteiger partial charge on any atom is -0.480 e. The van der Waals surface area contributed by atoms with Crippen LogP contribution in [0.3, 0.4) is 0 Å². The minimum atomic E-state index is -1.66. The Morgan fingerprint density at radius 1 is 0.696 bits per heavy atom. The van der Waals surface area contributed by atoms with Crippen molar-refractivity contribution in [3.63, 3.8) is 0 Å². The highest BCUT2D eigenvalue weighted by Crippen LogP contribution is 2.40. The van der Waals surface area contributed by atoms with Gasteiger partial charge in [0.2, 0.25) is 11.8 Å². The topological polar surface area (TPSA) is 178 Å². The largest absolute Gasteiger partial charge is 0.480 e. The van der Waals surface area contributed by atoms with Crippen LogP contribution in [0.25, 0.3) is 0 Å². The van der Waals surface area contributed by atoms with E-state index in [4.69, 9.17) is 14.5 Å². The monoisotopic (exact) mass is 767 g/mol. The maximum absolute atomic E-state index is 14.0. The first-order chi connectivity index (χ1) is 26.2. The van der Waals surface area contributed by atoms with Crippen molar-refractivity contribution in [2.24, 2.45) is 0 Å². The number of nitrogens with zero attached hydrogens (tertiary/aromatic N) is 2. The second-order valence-corrected chi connectivity index (χ2v) is 16.1. The first-order valence-corrected chi connectivity index (χ1v) is 18.5. The SMILES string of the molecule is CC(C)(C)OC(=O)CC[C@@H](NC(=O)C(C)(C)NC(=O)[C@H](Cc1cn(C(c2ccccc2)(c2ccccc2)c2ccccc2)cn1)NC(=O)OC(C)(C)C)C(=O)O. The maximum atomic E-state index is 14.0. The van der Waals surface area contributed by atoms with Crippen LogP contribution >= 0.6 is 0 Å². The van der Waals surface area contributed by atoms with Crippen LogP contribution in [0.5, 0.6) is 0 Å². The van der Waals surface area contributed by atoms with Crippen molar-refractivity contribution in [3.05, 3.63) is 126 Å². The van der Waals surface area contributed by atoms with Crippen molar-refractivity contribution in [2.75, 3.05) is 0 Å². The summed E-state index contributed by atoms with van der Waals surface area (Å²) in [4.78, 5) is 69.6. The van der Waals surface area contributed by atoms with E-state index in [1.807, 2.05) is 102 Å². The molecule has 0 aliphatic carbocycles. The van der Waals surface area contributed by atoms with Crippen LogP contribution in [0.1, 0.15) is 90.6 Å². The van der Waals surface area contributed by atoms with Gasteiger partial charge >= 0.3 is 18.0 Å². The zero-order valence-corrected chi connectivity index (χ0v) is 33.3. The summed E-state index contributed by atoms with van der Waals surface area (Å²) in [5.41, 5.74) is -0.852. The zero-order valence-electron chi connectivity index (χ0n) is 33.3. The Kier molecular flexibility index (Phi) is 13.5. The Bertz CT molecular complexity index is 1870. The first kappa shape index (κ1) is 42.8. The van der Waals surface area contributed by atoms with Crippen molar-refractivity contribution >= 4 is 29.8 Å². The van der Waals surface area contributed by atoms with Crippen LogP contribution in [-0.4, -0.2) is 73.3 Å². The molecule has 298 valence electrons. The quantitative estimate of drug-likeness (QED) is 0.0867. The van der Waals surface area contributed by atoms with E-state index >= 15 is 0 Å². The lowest BCUT2D eigenvalue weighted by atomic mass is 9.77. The van der Waals surface area contributed by atoms with Crippen molar-refractivity contribution in [3.8, 4) is 0 Å². The molecule has 1 aromatic heterocycles. The molecule has 0 aliphatic heterocycles. The zero-order chi connectivity index (χ0) is 41.3. The third kappa shape index (κ3) is 11.3. The fourth-order valence-electron chi connectivity index (χ4n) is 6.21. The van der Waals surface area contributed by atoms with Gasteiger partial charge in [-0.2, -0.15) is 0 Å². The number of aliphatic carboxylic acids is 1. The molecule has 0 fully saturated rings. The summed E-state index contributed by atoms with van der Waals surface area (Å²) in [7, 11) is 0. The van der Waals surface area contributed by atoms with Crippen LogP contribution in [0.15, 0.2) is 104 Å². The van der Waals surface area contributed by atoms with E-state index in [-0.39, 0.29) is 19.3 Å². The lowest BCUT2D eigenvalue weighted by molar-refractivity contribution is -0.155. The highest BCUT2D eigenvalue weighted by Gasteiger charge is 2.40. The number of carbonyl (C=O) groups is 5. The molecule has 4 aromatic rings. The molecule has 56 heavy (non-hydrogen) atoms. The summed E-state index contributed by atoms with van der Waals surface area (Å²) in [6.45, 7) is 12.9. The molecule has 2 atom stereocenters. The van der Waals surface area contributed by atoms with Crippen molar-refractivity contribution in [1.29, 1.82) is 0 Å². The van der Waals surface area contributed by atoms with Gasteiger partial charge < -0.3 is 35.1 Å². The van der Waals surface area contributed by atoms with Crippen LogP contribution in [0.4, 0.5) is 4.79 Å². The lowest BCUT2D eigenvalue weighted by Crippen LogP contribution is -2.61. The normalized spacial score (nSPS) is 13.1. The van der Waals surface area contributed by atoms with Gasteiger partial charge in [-0.15, -0.1) is 0 Å². The smallest absolute Gasteiger partial charge is 0.408 e. The summed E-state index contributed by atoms with van der Waals surface area (Å²) in [5.74, 6) is -3.54. The first-order valence-electron chi connectivity index (χ1n) is 18.5. The summed E-state index contributed by atoms with van der Waals surface area (Å²) in [6, 6.07) is 27.2. The summed E-state index contributed by atoms with van der Waals surface area (Å²) in [6.07, 6.45) is 2.06. The molecule has 0 aliphatic rings. The average molecular weight is 768 g/mol. The molecule has 1 heterocycles. The van der Waals surface area contributed by atoms with Gasteiger partial charge in [0.25, 0.3) is 0 Å². The van der Waals surface area contributed by atoms with Crippen LogP contribution < -0.4 is 16.0 Å². The molecular formula is C43H53N5O8. The summed E-state index contributed by atoms with van der Waals surface area (Å²) < 4.78 is 12.7. The predicted molar refractivity (Wildman–Crippen MR) is 211 cm³/mol. The van der Waals surface area contributed by atoms with Crippen LogP contribution in [0, 0.1) is 0 Å². The molecule has 4 N–H and O–H groups in total. The minimum absolute atomic E-state index is 0.0993. The molecule has 0 spiro atoms. The number of nitrogens with one attached hydrogen (secondary N) is 3. The fraction of sp³-hybridized carbons (Fsp3) is 0.395. The second kappa shape index (κ2) is 17.7. The van der Waals surface area contributed by atoms with Gasteiger partial charge in [-0.1, -0.05) is 91.0 Å². The Labute approximate surface area is 328 Å². The van der Waals surface area contributed by atoms with E-state index in [0.717, 1.165) is 16.7 Å². The third-order valence-electron chi connectivity index (χ3n) is 8.68. The Balaban J connectivity index is 1.65. The van der Waals surface area contributed by atoms with Gasteiger partial charge in [-0.05, 0) is 78.5 Å². The summed E-state index contributed by atoms with van der Waals surface area (Å²) in [5, 5.41) is 17.5. The predicted octanol–water partition coefficient (Wildman–Crippen LogP) is 5.75. The second-order valence-electron chi connectivity index (χ2n) is 16.1. The van der Waals surface area contributed by atoms with E-state index in [9.17, 15) is 29.1 Å². The lowest BCUT2D eigenvalue weighted by Gasteiger charge is -2.37. The maximum Gasteiger partial charge on any atom is 0.408 e. The van der Waals surface area contributed by atoms with E-state index < -0.39 is 64.2 Å². The highest BCUT2D eigenvalue weighted by molar-refractivity contribution is 5.95. The molecule has 0 bridgehead atoms. The molecule has 0 saturated carbocycles. The molecular weight excluding hydrogens is 715 g/mol. The van der Waals surface area contributed by atoms with Gasteiger partial charge in [-0.3, -0.25) is 14.4 Å². The van der Waals surface area contributed by atoms with E-state index in [1.165, 1.54) is 13.8 Å². The van der Waals surface area contributed by atoms with E-state index in [1.54, 1.807) is 47.9 Å². The number of imidazole rings is 1. The van der Waals surface area contributed by atoms with Crippen LogP contribution in [0.2, 0.25) is 0 Å². The standard InChI is InChI=1S/C43H53N5O8/c1-40(2,3)55-35(49)25-24-33(37(51)52)45-38(53)42(7,8)47-36(50)34(46-39(54)56-41(4,5)6)26-32-27-48(28-44-32)43(29-18-12-9-13-19-29,30-20-14-10-15-21-30)31-22-16-11-17-23-31/h9-23,27-28,33-34H,24-26H2,1-8H3,(H,45,53)(H,46,54)(H,47,50)(H,51,52)/t33-,34+/m1/s1. The van der Waals surface area contributed by atoms with Gasteiger partial charge in [-0.25, -0.2) is 14.6 Å². The fourth-order valence-corrected chi connectivity index (χ4v) is 6.21. The molecule has 0 radical (unpaired) electrons. The average Bonchev–Trinajstić information content (AvgIpc) is 3.58. The van der Waals surface area contributed by atoms with E-state index in [0.29, 0.717) is 5.69 Å². The number of carbonyl (C=O) groups excluding carboxylic acids is 4. The van der Waals surface area contributed by atoms with Crippen molar-refractivity contribution in [2.45, 2.75) is 109 Å². The molecule has 13 nitrogen and oxygen atoms in total. The van der Waals surface area contributed by atoms with Crippen molar-refractivity contribution in [1.82, 2.24) is 25.5 Å². The number of amides is 3. The Morgan fingerprint density at radius 3 is 1.62 bits per heavy atom. The number of carboxylic acid groups (broad SMARTS) is 1. The number of benzene rings is 3. The number of carboxylic acids is 1. The molecule has 4 rings (SSSR count). The van der Waals surface area contributed by atoms with Gasteiger partial charge in [0, 0.05) is 19.0 Å². The van der Waals surface area contributed by atoms with Crippen molar-refractivity contribution < 1.29 is 38.6 Å². The number of esters is 1. The number of rotatable bonds is 15. The van der Waals surface area contributed by atoms with Gasteiger partial charge in [0.15, 0.2) is 0 Å². The van der Waals surface area contributed by atoms with Gasteiger partial charge in [0.1, 0.15) is 34.4 Å². The number of ether oxygens (including phenoxy) is 2. The summed E-state index contributed by atoms with van der Waals surface area (Å²) >= 11 is 0. The number of alkyl carbamates (subject to hydrolysis) is 1. The van der Waals surface area contributed by atoms with Gasteiger partial charge in [0.05, 0.1) is 12.0 Å². The molecule has 3 aromatic carbocycles. The molecule has 0 unspecified atom stereocenters. The highest BCUT2D eigenvalue weighted by atomic mass is 16.6. The molecule has 3 amide bonds. The Morgan fingerprint density at radius 2 is 1.18 bits per heavy atom. The molecule has 13 heteroatoms. The number of hydrogen-bond acceptors (Lipinski definition) is 8. The number of aromatic nitrogens is 2. The van der Waals surface area contributed by atoms with Crippen LogP contribution in [-0.2, 0) is 40.6 Å². The number of hydrogen-bond donors (Lipinski definition) is 4. The van der Waals surface area contributed by atoms with E-state index in [2.05, 4.69) is 16.0 Å². The molecule has 0 saturated heterocycles. The third-order valence-corrected chi connectivity index (χ3v) is 8.68. The Hall–Kier alpha value is -5.98.